The Morgan fingerprint density at radius 1 is 1.16 bits per heavy atom. The molecule has 31 heavy (non-hydrogen) atoms. The molecule has 160 valence electrons. The van der Waals surface area contributed by atoms with Crippen LogP contribution in [0.2, 0.25) is 0 Å². The molecule has 0 saturated carbocycles. The van der Waals surface area contributed by atoms with E-state index in [4.69, 9.17) is 5.11 Å². The summed E-state index contributed by atoms with van der Waals surface area (Å²) >= 11 is 0. The molecule has 7 heteroatoms. The molecular weight excluding hydrogens is 408 g/mol. The zero-order valence-electron chi connectivity index (χ0n) is 18.8. The molecule has 1 heterocycles. The largest absolute Gasteiger partial charge is 1.00 e. The van der Waals surface area contributed by atoms with E-state index in [-0.39, 0.29) is 43.2 Å². The molecule has 3 N–H and O–H groups in total. The number of carboxylic acids is 1. The third-order valence-electron chi connectivity index (χ3n) is 4.99. The van der Waals surface area contributed by atoms with Crippen LogP contribution in [0.15, 0.2) is 54.6 Å². The molecule has 0 aliphatic heterocycles. The number of nitrogens with zero attached hydrogens (tertiary/aromatic N) is 1. The number of aliphatic hydroxyl groups excluding tert-OH is 2. The summed E-state index contributed by atoms with van der Waals surface area (Å²) in [7, 11) is 0. The van der Waals surface area contributed by atoms with E-state index in [1.807, 2.05) is 24.3 Å². The zero-order valence-corrected chi connectivity index (χ0v) is 19.8. The number of carboxylic acid groups (broad SMARTS) is 1. The van der Waals surface area contributed by atoms with Gasteiger partial charge in [-0.1, -0.05) is 43.3 Å². The Balaban J connectivity index is 0.00000256. The fourth-order valence-corrected chi connectivity index (χ4v) is 3.73. The van der Waals surface area contributed by atoms with Gasteiger partial charge in [0.25, 0.3) is 0 Å². The minimum Gasteiger partial charge on any atom is -1.00 e. The molecule has 0 amide bonds. The second-order valence-electron chi connectivity index (χ2n) is 7.35. The first-order chi connectivity index (χ1) is 14.4. The van der Waals surface area contributed by atoms with Crippen LogP contribution in [-0.4, -0.2) is 38.1 Å². The molecule has 0 aliphatic rings. The van der Waals surface area contributed by atoms with Gasteiger partial charge in [-0.25, -0.2) is 4.39 Å². The molecule has 3 rings (SSSR count). The third kappa shape index (κ3) is 6.28. The Bertz CT molecular complexity index is 1050. The van der Waals surface area contributed by atoms with Gasteiger partial charge in [0.1, 0.15) is 5.82 Å². The summed E-state index contributed by atoms with van der Waals surface area (Å²) in [6, 6.07) is 14.3. The zero-order chi connectivity index (χ0) is 21.7. The molecule has 5 nitrogen and oxygen atoms in total. The van der Waals surface area contributed by atoms with Gasteiger partial charge < -0.3 is 21.3 Å². The first kappa shape index (κ1) is 25.3. The fraction of sp³-hybridized carbons (Fsp3) is 0.292. The van der Waals surface area contributed by atoms with Crippen molar-refractivity contribution in [3.05, 3.63) is 66.1 Å². The van der Waals surface area contributed by atoms with Crippen molar-refractivity contribution in [3.63, 3.8) is 0 Å². The van der Waals surface area contributed by atoms with Gasteiger partial charge in [-0.2, -0.15) is 0 Å². The van der Waals surface area contributed by atoms with Crippen LogP contribution in [0.3, 0.4) is 0 Å². The van der Waals surface area contributed by atoms with E-state index >= 15 is 0 Å². The number of aliphatic carboxylic acids is 1. The predicted octanol–water partition coefficient (Wildman–Crippen LogP) is 1.57. The van der Waals surface area contributed by atoms with Crippen LogP contribution in [0.1, 0.15) is 33.3 Å². The van der Waals surface area contributed by atoms with Crippen molar-refractivity contribution >= 4 is 22.9 Å². The van der Waals surface area contributed by atoms with Crippen LogP contribution >= 0.6 is 0 Å². The maximum Gasteiger partial charge on any atom is 1.00 e. The Labute approximate surface area is 204 Å². The number of carbonyl (C=O) groups is 1. The van der Waals surface area contributed by atoms with E-state index in [2.05, 4.69) is 11.5 Å². The average molecular weight is 435 g/mol. The number of aryl methyl sites for hydroxylation is 1. The number of halogens is 1. The monoisotopic (exact) mass is 435 g/mol. The van der Waals surface area contributed by atoms with Crippen LogP contribution in [0.4, 0.5) is 4.39 Å². The van der Waals surface area contributed by atoms with Gasteiger partial charge in [-0.3, -0.25) is 4.79 Å². The summed E-state index contributed by atoms with van der Waals surface area (Å²) in [4.78, 5) is 10.7. The van der Waals surface area contributed by atoms with E-state index in [0.717, 1.165) is 40.7 Å². The quantitative estimate of drug-likeness (QED) is 0.446. The second-order valence-corrected chi connectivity index (χ2v) is 7.35. The van der Waals surface area contributed by atoms with Gasteiger partial charge in [-0.15, -0.1) is 0 Å². The van der Waals surface area contributed by atoms with E-state index in [0.29, 0.717) is 0 Å². The molecule has 2 aromatic carbocycles. The van der Waals surface area contributed by atoms with E-state index in [1.54, 1.807) is 24.3 Å². The molecule has 0 radical (unpaired) electrons. The number of benzene rings is 2. The van der Waals surface area contributed by atoms with Crippen molar-refractivity contribution in [3.8, 4) is 11.1 Å². The molecule has 0 aliphatic carbocycles. The number of aliphatic hydroxyl groups is 2. The summed E-state index contributed by atoms with van der Waals surface area (Å²) < 4.78 is 15.6. The minimum absolute atomic E-state index is 0. The number of hydrogen-bond donors (Lipinski definition) is 3. The predicted molar refractivity (Wildman–Crippen MR) is 117 cm³/mol. The summed E-state index contributed by atoms with van der Waals surface area (Å²) in [6.07, 6.45) is 1.67. The van der Waals surface area contributed by atoms with Crippen molar-refractivity contribution in [2.45, 2.75) is 44.9 Å². The molecule has 0 saturated heterocycles. The normalized spacial score (nSPS) is 13.3. The van der Waals surface area contributed by atoms with E-state index in [1.165, 1.54) is 12.1 Å². The summed E-state index contributed by atoms with van der Waals surface area (Å²) in [5.74, 6) is -1.42. The Morgan fingerprint density at radius 2 is 1.84 bits per heavy atom. The van der Waals surface area contributed by atoms with E-state index < -0.39 is 24.6 Å². The first-order valence-corrected chi connectivity index (χ1v) is 10.0. The van der Waals surface area contributed by atoms with Gasteiger partial charge in [0.05, 0.1) is 18.6 Å². The topological polar surface area (TPSA) is 82.7 Å². The average Bonchev–Trinajstić information content (AvgIpc) is 3.00. The maximum absolute atomic E-state index is 13.5. The first-order valence-electron chi connectivity index (χ1n) is 10.0. The number of rotatable bonds is 9. The molecule has 1 aromatic heterocycles. The Hall–Kier alpha value is -1.96. The maximum atomic E-state index is 13.5. The summed E-state index contributed by atoms with van der Waals surface area (Å²) in [6.45, 7) is 2.84. The summed E-state index contributed by atoms with van der Waals surface area (Å²) in [5.41, 5.74) is 3.71. The van der Waals surface area contributed by atoms with Crippen molar-refractivity contribution in [1.29, 1.82) is 0 Å². The Kier molecular flexibility index (Phi) is 9.47. The van der Waals surface area contributed by atoms with Crippen LogP contribution in [-0.2, 0) is 11.3 Å². The van der Waals surface area contributed by atoms with Gasteiger partial charge >= 0.3 is 35.5 Å². The molecule has 3 aromatic rings. The Morgan fingerprint density at radius 3 is 2.48 bits per heavy atom. The summed E-state index contributed by atoms with van der Waals surface area (Å²) in [5, 5.41) is 29.9. The molecule has 0 spiro atoms. The number of hydrogen-bond acceptors (Lipinski definition) is 3. The molecular formula is C24H27FNNaO4. The van der Waals surface area contributed by atoms with Crippen LogP contribution in [0, 0.1) is 5.82 Å². The fourth-order valence-electron chi connectivity index (χ4n) is 3.73. The minimum atomic E-state index is -1.12. The number of para-hydroxylation sites is 1. The molecule has 0 fully saturated rings. The SMILES string of the molecule is CCCn1c(/C=C/C(O)CC(O)CC(=O)O)c(-c2ccc(F)cc2)c2ccccc21.[H-].[Na+]. The van der Waals surface area contributed by atoms with Crippen LogP contribution < -0.4 is 29.6 Å². The van der Waals surface area contributed by atoms with Crippen molar-refractivity contribution in [2.24, 2.45) is 0 Å². The number of aromatic nitrogens is 1. The van der Waals surface area contributed by atoms with Gasteiger partial charge in [0.2, 0.25) is 0 Å². The standard InChI is InChI=1S/C24H26FNO4.Na.H/c1-2-13-26-21-6-4-3-5-20(21)24(16-7-9-17(25)10-8-16)22(26)12-11-18(27)14-19(28)15-23(29)30;;/h3-12,18-19,27-28H,2,13-15H2,1H3,(H,29,30);;/q;+1;-1/b12-11+;;. The number of fused-ring (bicyclic) bond motifs is 1. The van der Waals surface area contributed by atoms with Crippen molar-refractivity contribution in [2.75, 3.05) is 0 Å². The molecule has 0 bridgehead atoms. The molecule has 2 unspecified atom stereocenters. The molecule has 2 atom stereocenters. The van der Waals surface area contributed by atoms with Gasteiger partial charge in [0, 0.05) is 35.1 Å². The van der Waals surface area contributed by atoms with Crippen molar-refractivity contribution in [1.82, 2.24) is 4.57 Å². The van der Waals surface area contributed by atoms with Crippen molar-refractivity contribution < 1.29 is 55.5 Å². The van der Waals surface area contributed by atoms with E-state index in [9.17, 15) is 19.4 Å². The van der Waals surface area contributed by atoms with Crippen LogP contribution in [0.5, 0.6) is 0 Å². The van der Waals surface area contributed by atoms with Gasteiger partial charge in [0.15, 0.2) is 0 Å². The van der Waals surface area contributed by atoms with Gasteiger partial charge in [-0.05, 0) is 36.3 Å². The smallest absolute Gasteiger partial charge is 1.00 e. The second kappa shape index (κ2) is 11.6. The van der Waals surface area contributed by atoms with Crippen LogP contribution in [0.25, 0.3) is 28.1 Å². The third-order valence-corrected chi connectivity index (χ3v) is 4.99.